The van der Waals surface area contributed by atoms with E-state index in [1.807, 2.05) is 48.7 Å². The van der Waals surface area contributed by atoms with Crippen LogP contribution in [0.1, 0.15) is 97.2 Å². The van der Waals surface area contributed by atoms with Crippen molar-refractivity contribution >= 4 is 17.2 Å². The fourth-order valence-electron chi connectivity index (χ4n) is 7.06. The lowest BCUT2D eigenvalue weighted by Crippen LogP contribution is -2.38. The van der Waals surface area contributed by atoms with Gasteiger partial charge in [0.05, 0.1) is 29.1 Å². The highest BCUT2D eigenvalue weighted by Crippen LogP contribution is 2.47. The topological polar surface area (TPSA) is 60.3 Å². The molecule has 2 aromatic heterocycles. The molecule has 0 atom stereocenters. The Hall–Kier alpha value is -3.45. The van der Waals surface area contributed by atoms with E-state index in [0.717, 1.165) is 41.1 Å². The Morgan fingerprint density at radius 2 is 1.67 bits per heavy atom. The Morgan fingerprint density at radius 1 is 0.977 bits per heavy atom. The molecule has 0 spiro atoms. The molecule has 1 fully saturated rings. The van der Waals surface area contributed by atoms with Crippen molar-refractivity contribution in [1.29, 1.82) is 0 Å². The third-order valence-corrected chi connectivity index (χ3v) is 11.0. The molecule has 1 aliphatic heterocycles. The van der Waals surface area contributed by atoms with Gasteiger partial charge in [-0.3, -0.25) is 9.48 Å². The van der Waals surface area contributed by atoms with E-state index in [4.69, 9.17) is 9.72 Å². The predicted octanol–water partition coefficient (Wildman–Crippen LogP) is 8.20. The number of aromatic nitrogens is 3. The van der Waals surface area contributed by atoms with Gasteiger partial charge in [-0.2, -0.15) is 5.10 Å². The van der Waals surface area contributed by atoms with E-state index in [0.29, 0.717) is 30.3 Å². The Bertz CT molecular complexity index is 1690. The third-order valence-electron chi connectivity index (χ3n) is 10.0. The van der Waals surface area contributed by atoms with E-state index in [9.17, 15) is 4.79 Å². The van der Waals surface area contributed by atoms with E-state index >= 15 is 0 Å². The smallest absolute Gasteiger partial charge is 0.254 e. The highest BCUT2D eigenvalue weighted by atomic mass is 32.1. The fourth-order valence-corrected chi connectivity index (χ4v) is 8.06. The van der Waals surface area contributed by atoms with Crippen LogP contribution in [0.4, 0.5) is 0 Å². The van der Waals surface area contributed by atoms with Crippen molar-refractivity contribution in [2.75, 3.05) is 20.2 Å². The normalized spacial score (nSPS) is 18.0. The van der Waals surface area contributed by atoms with Gasteiger partial charge in [-0.1, -0.05) is 39.8 Å². The monoisotopic (exact) mass is 596 g/mol. The Balaban J connectivity index is 1.20. The van der Waals surface area contributed by atoms with Gasteiger partial charge in [-0.15, -0.1) is 11.3 Å². The van der Waals surface area contributed by atoms with Gasteiger partial charge in [0.1, 0.15) is 5.75 Å². The number of nitrogens with zero attached hydrogens (tertiary/aromatic N) is 4. The number of carbonyl (C=O) groups is 1. The lowest BCUT2D eigenvalue weighted by atomic mass is 9.63. The molecule has 0 bridgehead atoms. The second-order valence-corrected chi connectivity index (χ2v) is 14.6. The van der Waals surface area contributed by atoms with Crippen LogP contribution in [-0.4, -0.2) is 45.8 Å². The second-order valence-electron chi connectivity index (χ2n) is 13.7. The fraction of sp³-hybridized carbons (Fsp3) is 0.472. The van der Waals surface area contributed by atoms with Gasteiger partial charge in [0.25, 0.3) is 5.91 Å². The standard InChI is InChI=1S/C36H44N4O2S/c1-22-32(23(2)39(7)38-22)27-11-10-26(42-8)20-28(27)34(41)40-17-13-24(14-18-40)33-37-31(21-43-33)25-9-12-29-30(19-25)36(5,6)16-15-35(29,3)4/h9-12,19-21,24H,13-18H2,1-8H3. The lowest BCUT2D eigenvalue weighted by Gasteiger charge is -2.42. The third kappa shape index (κ3) is 5.30. The van der Waals surface area contributed by atoms with Crippen LogP contribution in [0.5, 0.6) is 5.75 Å². The summed E-state index contributed by atoms with van der Waals surface area (Å²) in [6, 6.07) is 12.8. The number of aryl methyl sites for hydroxylation is 2. The van der Waals surface area contributed by atoms with Crippen molar-refractivity contribution in [3.8, 4) is 28.1 Å². The summed E-state index contributed by atoms with van der Waals surface area (Å²) in [5.74, 6) is 1.10. The van der Waals surface area contributed by atoms with E-state index in [2.05, 4.69) is 56.4 Å². The van der Waals surface area contributed by atoms with E-state index < -0.39 is 0 Å². The molecule has 7 heteroatoms. The number of methoxy groups -OCH3 is 1. The molecule has 1 saturated heterocycles. The van der Waals surface area contributed by atoms with Crippen LogP contribution in [0.2, 0.25) is 0 Å². The first-order chi connectivity index (χ1) is 20.4. The van der Waals surface area contributed by atoms with Gasteiger partial charge >= 0.3 is 0 Å². The number of fused-ring (bicyclic) bond motifs is 1. The SMILES string of the molecule is COc1ccc(-c2c(C)nn(C)c2C)c(C(=O)N2CCC(c3nc(-c4ccc5c(c4)C(C)(C)CCC5(C)C)cs3)CC2)c1. The van der Waals surface area contributed by atoms with Crippen LogP contribution < -0.4 is 4.74 Å². The van der Waals surface area contributed by atoms with Gasteiger partial charge in [0.15, 0.2) is 0 Å². The quantitative estimate of drug-likeness (QED) is 0.233. The van der Waals surface area contributed by atoms with Crippen LogP contribution >= 0.6 is 11.3 Å². The zero-order valence-corrected chi connectivity index (χ0v) is 27.7. The maximum atomic E-state index is 14.0. The highest BCUT2D eigenvalue weighted by molar-refractivity contribution is 7.10. The molecule has 0 radical (unpaired) electrons. The number of rotatable bonds is 5. The summed E-state index contributed by atoms with van der Waals surface area (Å²) in [5, 5.41) is 8.00. The van der Waals surface area contributed by atoms with E-state index in [-0.39, 0.29) is 16.7 Å². The average Bonchev–Trinajstić information content (AvgIpc) is 3.59. The number of likely N-dealkylation sites (tertiary alicyclic amines) is 1. The minimum atomic E-state index is 0.0504. The summed E-state index contributed by atoms with van der Waals surface area (Å²) in [7, 11) is 3.59. The number of hydrogen-bond acceptors (Lipinski definition) is 5. The summed E-state index contributed by atoms with van der Waals surface area (Å²) >= 11 is 1.76. The minimum absolute atomic E-state index is 0.0504. The first-order valence-electron chi connectivity index (χ1n) is 15.5. The van der Waals surface area contributed by atoms with Crippen LogP contribution in [0.25, 0.3) is 22.4 Å². The van der Waals surface area contributed by atoms with Gasteiger partial charge < -0.3 is 9.64 Å². The highest BCUT2D eigenvalue weighted by Gasteiger charge is 2.37. The Morgan fingerprint density at radius 3 is 2.33 bits per heavy atom. The molecule has 6 nitrogen and oxygen atoms in total. The molecule has 6 rings (SSSR count). The molecule has 0 unspecified atom stereocenters. The predicted molar refractivity (Wildman–Crippen MR) is 175 cm³/mol. The molecule has 0 N–H and O–H groups in total. The molecular formula is C36H44N4O2S. The summed E-state index contributed by atoms with van der Waals surface area (Å²) in [5.41, 5.74) is 10.2. The minimum Gasteiger partial charge on any atom is -0.497 e. The largest absolute Gasteiger partial charge is 0.497 e. The maximum absolute atomic E-state index is 14.0. The van der Waals surface area contributed by atoms with Crippen molar-refractivity contribution in [1.82, 2.24) is 19.7 Å². The first-order valence-corrected chi connectivity index (χ1v) is 16.4. The zero-order valence-electron chi connectivity index (χ0n) is 26.9. The number of carbonyl (C=O) groups excluding carboxylic acids is 1. The van der Waals surface area contributed by atoms with Crippen molar-refractivity contribution in [2.45, 2.75) is 84.0 Å². The van der Waals surface area contributed by atoms with E-state index in [1.165, 1.54) is 34.5 Å². The molecule has 43 heavy (non-hydrogen) atoms. The van der Waals surface area contributed by atoms with Gasteiger partial charge in [0, 0.05) is 48.3 Å². The number of ether oxygens (including phenoxy) is 1. The van der Waals surface area contributed by atoms with Crippen LogP contribution in [0.3, 0.4) is 0 Å². The van der Waals surface area contributed by atoms with E-state index in [1.54, 1.807) is 18.4 Å². The number of hydrogen-bond donors (Lipinski definition) is 0. The molecule has 2 aromatic carbocycles. The number of amides is 1. The van der Waals surface area contributed by atoms with Crippen LogP contribution in [0.15, 0.2) is 41.8 Å². The molecular weight excluding hydrogens is 552 g/mol. The first kappa shape index (κ1) is 29.6. The summed E-state index contributed by atoms with van der Waals surface area (Å²) in [4.78, 5) is 21.1. The van der Waals surface area contributed by atoms with Gasteiger partial charge in [-0.05, 0) is 91.3 Å². The second kappa shape index (κ2) is 10.9. The molecule has 0 saturated carbocycles. The van der Waals surface area contributed by atoms with Crippen molar-refractivity contribution in [2.24, 2.45) is 7.05 Å². The molecule has 3 heterocycles. The van der Waals surface area contributed by atoms with Crippen LogP contribution in [-0.2, 0) is 17.9 Å². The Kier molecular flexibility index (Phi) is 7.52. The molecule has 4 aromatic rings. The molecule has 1 aliphatic carbocycles. The molecule has 226 valence electrons. The average molecular weight is 597 g/mol. The zero-order chi connectivity index (χ0) is 30.7. The summed E-state index contributed by atoms with van der Waals surface area (Å²) < 4.78 is 7.39. The summed E-state index contributed by atoms with van der Waals surface area (Å²) in [6.45, 7) is 15.0. The number of thiazole rings is 1. The van der Waals surface area contributed by atoms with Crippen molar-refractivity contribution in [3.05, 3.63) is 74.9 Å². The molecule has 2 aliphatic rings. The molecule has 1 amide bonds. The van der Waals surface area contributed by atoms with Gasteiger partial charge in [-0.25, -0.2) is 4.98 Å². The number of piperidine rings is 1. The van der Waals surface area contributed by atoms with Crippen molar-refractivity contribution in [3.63, 3.8) is 0 Å². The van der Waals surface area contributed by atoms with Crippen molar-refractivity contribution < 1.29 is 9.53 Å². The Labute approximate surface area is 260 Å². The lowest BCUT2D eigenvalue weighted by molar-refractivity contribution is 0.0713. The summed E-state index contributed by atoms with van der Waals surface area (Å²) in [6.07, 6.45) is 4.24. The van der Waals surface area contributed by atoms with Crippen LogP contribution in [0, 0.1) is 13.8 Å². The number of benzene rings is 2. The maximum Gasteiger partial charge on any atom is 0.254 e. The van der Waals surface area contributed by atoms with Gasteiger partial charge in [0.2, 0.25) is 0 Å².